The minimum Gasteiger partial charge on any atom is -0.459 e. The van der Waals surface area contributed by atoms with Gasteiger partial charge in [-0.05, 0) is 48.3 Å². The van der Waals surface area contributed by atoms with Crippen molar-refractivity contribution < 1.29 is 44.3 Å². The molecule has 0 aliphatic rings. The lowest BCUT2D eigenvalue weighted by molar-refractivity contribution is -0.155. The molecule has 0 spiro atoms. The van der Waals surface area contributed by atoms with E-state index in [1.165, 1.54) is 26.8 Å². The van der Waals surface area contributed by atoms with Crippen molar-refractivity contribution in [3.05, 3.63) is 69.5 Å². The number of sulfonamides is 1. The van der Waals surface area contributed by atoms with Crippen LogP contribution in [0.2, 0.25) is 0 Å². The number of ether oxygens (including phenoxy) is 1. The lowest BCUT2D eigenvalue weighted by Crippen LogP contribution is -2.39. The molecule has 0 saturated heterocycles. The van der Waals surface area contributed by atoms with E-state index in [1.54, 1.807) is 0 Å². The van der Waals surface area contributed by atoms with E-state index in [0.29, 0.717) is 12.1 Å². The molecule has 0 fully saturated rings. The van der Waals surface area contributed by atoms with E-state index in [-0.39, 0.29) is 4.31 Å². The van der Waals surface area contributed by atoms with E-state index in [9.17, 15) is 39.6 Å². The van der Waals surface area contributed by atoms with Gasteiger partial charge in [-0.15, -0.1) is 0 Å². The molecular weight excluding hydrogens is 568 g/mol. The van der Waals surface area contributed by atoms with E-state index >= 15 is 0 Å². The highest BCUT2D eigenvalue weighted by Crippen LogP contribution is 2.37. The van der Waals surface area contributed by atoms with Crippen molar-refractivity contribution >= 4 is 38.0 Å². The maximum Gasteiger partial charge on any atom is 0.416 e. The van der Waals surface area contributed by atoms with Crippen molar-refractivity contribution in [1.82, 2.24) is 4.31 Å². The number of benzene rings is 2. The Morgan fingerprint density at radius 1 is 1.09 bits per heavy atom. The molecule has 2 aromatic rings. The number of alkyl halides is 3. The van der Waals surface area contributed by atoms with Crippen LogP contribution in [-0.2, 0) is 32.3 Å². The summed E-state index contributed by atoms with van der Waals surface area (Å²) in [7, 11) is -5.31. The van der Waals surface area contributed by atoms with Crippen LogP contribution in [0.1, 0.15) is 37.5 Å². The molecule has 0 unspecified atom stereocenters. The summed E-state index contributed by atoms with van der Waals surface area (Å²) in [6.07, 6.45) is -4.28. The van der Waals surface area contributed by atoms with Gasteiger partial charge in [-0.2, -0.15) is 17.5 Å². The number of halogens is 7. The van der Waals surface area contributed by atoms with Crippen LogP contribution in [0.15, 0.2) is 40.2 Å². The molecule has 0 aromatic heterocycles. The van der Waals surface area contributed by atoms with Crippen molar-refractivity contribution in [2.45, 2.75) is 44.0 Å². The molecule has 2 rings (SSSR count). The van der Waals surface area contributed by atoms with Crippen molar-refractivity contribution in [3.63, 3.8) is 0 Å². The third-order valence-corrected chi connectivity index (χ3v) is 7.30. The Bertz CT molecular complexity index is 1230. The fraction of sp³-hybridized carbons (Fsp3) is 0.318. The first-order valence-corrected chi connectivity index (χ1v) is 12.0. The maximum absolute atomic E-state index is 14.8. The van der Waals surface area contributed by atoms with Crippen molar-refractivity contribution in [3.8, 4) is 0 Å². The molecule has 35 heavy (non-hydrogen) atoms. The molecule has 192 valence electrons. The molecule has 0 aliphatic heterocycles. The smallest absolute Gasteiger partial charge is 0.416 e. The second-order valence-corrected chi connectivity index (χ2v) is 10.9. The van der Waals surface area contributed by atoms with Crippen molar-refractivity contribution in [2.24, 2.45) is 0 Å². The van der Waals surface area contributed by atoms with Gasteiger partial charge in [0.05, 0.1) is 10.0 Å². The fourth-order valence-corrected chi connectivity index (χ4v) is 5.51. The Labute approximate surface area is 206 Å². The molecule has 0 N–H and O–H groups in total. The first-order chi connectivity index (χ1) is 15.9. The summed E-state index contributed by atoms with van der Waals surface area (Å²) in [6, 6.07) is 3.89. The minimum absolute atomic E-state index is 0.154. The van der Waals surface area contributed by atoms with E-state index in [4.69, 9.17) is 4.74 Å². The largest absolute Gasteiger partial charge is 0.459 e. The van der Waals surface area contributed by atoms with Gasteiger partial charge in [0.15, 0.2) is 11.6 Å². The minimum atomic E-state index is -5.31. The van der Waals surface area contributed by atoms with Crippen LogP contribution in [0.4, 0.5) is 26.3 Å². The Kier molecular flexibility index (Phi) is 8.50. The van der Waals surface area contributed by atoms with Crippen molar-refractivity contribution in [2.75, 3.05) is 6.54 Å². The van der Waals surface area contributed by atoms with Gasteiger partial charge in [0, 0.05) is 12.1 Å². The van der Waals surface area contributed by atoms with Gasteiger partial charge in [0.1, 0.15) is 22.9 Å². The van der Waals surface area contributed by atoms with Gasteiger partial charge in [-0.1, -0.05) is 30.9 Å². The monoisotopic (exact) mass is 587 g/mol. The molecule has 0 aliphatic carbocycles. The first-order valence-electron chi connectivity index (χ1n) is 9.77. The normalized spacial score (nSPS) is 12.7. The Balaban J connectivity index is 2.73. The predicted octanol–water partition coefficient (Wildman–Crippen LogP) is 6.06. The van der Waals surface area contributed by atoms with Crippen molar-refractivity contribution in [1.29, 1.82) is 0 Å². The summed E-state index contributed by atoms with van der Waals surface area (Å²) >= 11 is 2.58. The molecule has 0 atom stereocenters. The first kappa shape index (κ1) is 28.9. The summed E-state index contributed by atoms with van der Waals surface area (Å²) in [5.74, 6) is -6.59. The van der Waals surface area contributed by atoms with Gasteiger partial charge in [0.2, 0.25) is 10.0 Å². The number of rotatable bonds is 7. The summed E-state index contributed by atoms with van der Waals surface area (Å²) in [5, 5.41) is 0. The average Bonchev–Trinajstić information content (AvgIpc) is 2.70. The van der Waals surface area contributed by atoms with Gasteiger partial charge >= 0.3 is 12.1 Å². The zero-order valence-corrected chi connectivity index (χ0v) is 21.0. The lowest BCUT2D eigenvalue weighted by Gasteiger charge is -2.26. The molecule has 13 heteroatoms. The highest BCUT2D eigenvalue weighted by molar-refractivity contribution is 9.10. The predicted molar refractivity (Wildman–Crippen MR) is 119 cm³/mol. The van der Waals surface area contributed by atoms with Crippen LogP contribution < -0.4 is 0 Å². The topological polar surface area (TPSA) is 63.7 Å². The highest BCUT2D eigenvalue weighted by atomic mass is 79.9. The summed E-state index contributed by atoms with van der Waals surface area (Å²) in [4.78, 5) is 10.9. The Morgan fingerprint density at radius 3 is 2.17 bits per heavy atom. The SMILES string of the molecule is C=Cc1c(F)c(F)c(S(=O)(=O)N(CC(=O)OC(C)(C)C)Cc2ccccc2C(F)(F)F)c(Br)c1F. The highest BCUT2D eigenvalue weighted by Gasteiger charge is 2.39. The number of nitrogens with zero attached hydrogens (tertiary/aromatic N) is 1. The van der Waals surface area contributed by atoms with E-state index in [0.717, 1.165) is 12.1 Å². The number of carbonyl (C=O) groups excluding carboxylic acids is 1. The zero-order chi connectivity index (χ0) is 26.9. The number of esters is 1. The number of hydrogen-bond acceptors (Lipinski definition) is 4. The second kappa shape index (κ2) is 10.3. The van der Waals surface area contributed by atoms with Gasteiger partial charge < -0.3 is 4.74 Å². The summed E-state index contributed by atoms with van der Waals surface area (Å²) in [6.45, 7) is 5.23. The molecular formula is C22H20BrF6NO4S. The third kappa shape index (κ3) is 6.44. The Morgan fingerprint density at radius 2 is 1.66 bits per heavy atom. The third-order valence-electron chi connectivity index (χ3n) is 4.45. The standard InChI is InChI=1S/C22H20BrF6NO4S/c1-5-13-17(24)16(23)20(19(26)18(13)25)35(32,33)30(11-15(31)34-21(2,3)4)10-12-8-6-7-9-14(12)22(27,28)29/h5-9H,1,10-11H2,2-4H3. The second-order valence-electron chi connectivity index (χ2n) is 8.22. The zero-order valence-electron chi connectivity index (χ0n) is 18.6. The van der Waals surface area contributed by atoms with Crippen LogP contribution >= 0.6 is 15.9 Å². The quantitative estimate of drug-likeness (QED) is 0.224. The molecule has 5 nitrogen and oxygen atoms in total. The number of carbonyl (C=O) groups is 1. The molecule has 0 heterocycles. The maximum atomic E-state index is 14.8. The summed E-state index contributed by atoms with van der Waals surface area (Å²) < 4.78 is 115. The van der Waals surface area contributed by atoms with Crippen LogP contribution in [-0.4, -0.2) is 30.8 Å². The van der Waals surface area contributed by atoms with Crippen LogP contribution in [0, 0.1) is 17.5 Å². The summed E-state index contributed by atoms with van der Waals surface area (Å²) in [5.41, 5.74) is -3.88. The van der Waals surface area contributed by atoms with E-state index < -0.39 is 84.4 Å². The van der Waals surface area contributed by atoms with Gasteiger partial charge in [0.25, 0.3) is 0 Å². The van der Waals surface area contributed by atoms with Gasteiger partial charge in [-0.25, -0.2) is 21.6 Å². The molecule has 0 amide bonds. The number of hydrogen-bond donors (Lipinski definition) is 0. The lowest BCUT2D eigenvalue weighted by atomic mass is 10.1. The molecule has 0 saturated carbocycles. The Hall–Kier alpha value is -2.38. The molecule has 0 radical (unpaired) electrons. The van der Waals surface area contributed by atoms with Crippen LogP contribution in [0.5, 0.6) is 0 Å². The van der Waals surface area contributed by atoms with E-state index in [2.05, 4.69) is 22.5 Å². The van der Waals surface area contributed by atoms with Crippen LogP contribution in [0.3, 0.4) is 0 Å². The van der Waals surface area contributed by atoms with Gasteiger partial charge in [-0.3, -0.25) is 4.79 Å². The van der Waals surface area contributed by atoms with E-state index in [1.807, 2.05) is 0 Å². The molecule has 2 aromatic carbocycles. The van der Waals surface area contributed by atoms with Crippen LogP contribution in [0.25, 0.3) is 6.08 Å². The molecule has 0 bridgehead atoms. The fourth-order valence-electron chi connectivity index (χ4n) is 3.03. The average molecular weight is 588 g/mol.